The summed E-state index contributed by atoms with van der Waals surface area (Å²) in [5.74, 6) is 1.19. The van der Waals surface area contributed by atoms with E-state index >= 15 is 0 Å². The molecule has 4 rings (SSSR count). The van der Waals surface area contributed by atoms with Crippen LogP contribution in [-0.4, -0.2) is 16.8 Å². The van der Waals surface area contributed by atoms with Crippen molar-refractivity contribution in [2.45, 2.75) is 33.8 Å². The van der Waals surface area contributed by atoms with E-state index in [2.05, 4.69) is 22.5 Å². The maximum atomic E-state index is 13.4. The first kappa shape index (κ1) is 27.2. The smallest absolute Gasteiger partial charge is 0.270 e. The molecule has 1 aliphatic rings. The van der Waals surface area contributed by atoms with Crippen LogP contribution in [-0.2, 0) is 17.8 Å². The highest BCUT2D eigenvalue weighted by molar-refractivity contribution is 9.10. The first-order valence-corrected chi connectivity index (χ1v) is 14.0. The minimum Gasteiger partial charge on any atom is -0.490 e. The van der Waals surface area contributed by atoms with Gasteiger partial charge in [-0.05, 0) is 91.9 Å². The highest BCUT2D eigenvalue weighted by atomic mass is 79.9. The predicted octanol–water partition coefficient (Wildman–Crippen LogP) is 8.18. The van der Waals surface area contributed by atoms with Crippen molar-refractivity contribution in [1.29, 1.82) is 0 Å². The lowest BCUT2D eigenvalue weighted by molar-refractivity contribution is -0.113. The third kappa shape index (κ3) is 6.35. The van der Waals surface area contributed by atoms with Crippen molar-refractivity contribution >= 4 is 61.9 Å². The number of hydrogen-bond acceptors (Lipinski definition) is 5. The fourth-order valence-electron chi connectivity index (χ4n) is 3.94. The van der Waals surface area contributed by atoms with E-state index in [9.17, 15) is 4.79 Å². The number of rotatable bonds is 9. The second kappa shape index (κ2) is 12.1. The van der Waals surface area contributed by atoms with E-state index < -0.39 is 0 Å². The molecule has 0 bridgehead atoms. The van der Waals surface area contributed by atoms with Gasteiger partial charge >= 0.3 is 0 Å². The number of carbonyl (C=O) groups is 1. The Hall–Kier alpha value is -2.87. The van der Waals surface area contributed by atoms with Crippen LogP contribution in [0.2, 0.25) is 0 Å². The van der Waals surface area contributed by atoms with Crippen molar-refractivity contribution < 1.29 is 14.3 Å². The molecule has 7 heteroatoms. The summed E-state index contributed by atoms with van der Waals surface area (Å²) in [7, 11) is 0. The molecule has 3 aromatic rings. The zero-order chi connectivity index (χ0) is 26.5. The van der Waals surface area contributed by atoms with Gasteiger partial charge in [0.15, 0.2) is 15.8 Å². The standard InChI is InChI=1S/C30H28BrNO3S2/c1-5-7-23-15-22(16-26(34-6-2)28(23)35-18-21-9-11-24(31)12-10-21)17-27-29(33)32(30(36)37-27)25-13-8-19(3)20(4)14-25/h5,8-17H,1,6-7,18H2,2-4H3. The molecule has 37 heavy (non-hydrogen) atoms. The maximum Gasteiger partial charge on any atom is 0.270 e. The topological polar surface area (TPSA) is 38.8 Å². The quantitative estimate of drug-likeness (QED) is 0.142. The van der Waals surface area contributed by atoms with Crippen LogP contribution in [0.1, 0.15) is 34.7 Å². The molecule has 4 nitrogen and oxygen atoms in total. The highest BCUT2D eigenvalue weighted by Crippen LogP contribution is 2.39. The molecule has 1 heterocycles. The van der Waals surface area contributed by atoms with Crippen LogP contribution in [0.4, 0.5) is 5.69 Å². The van der Waals surface area contributed by atoms with Crippen molar-refractivity contribution in [1.82, 2.24) is 0 Å². The Kier molecular flexibility index (Phi) is 8.90. The van der Waals surface area contributed by atoms with Gasteiger partial charge in [-0.2, -0.15) is 0 Å². The zero-order valence-electron chi connectivity index (χ0n) is 21.0. The maximum absolute atomic E-state index is 13.4. The van der Waals surface area contributed by atoms with E-state index in [1.165, 1.54) is 17.3 Å². The van der Waals surface area contributed by atoms with Crippen molar-refractivity contribution in [3.63, 3.8) is 0 Å². The minimum atomic E-state index is -0.128. The fourth-order valence-corrected chi connectivity index (χ4v) is 5.51. The van der Waals surface area contributed by atoms with Crippen molar-refractivity contribution in [3.8, 4) is 11.5 Å². The van der Waals surface area contributed by atoms with Gasteiger partial charge < -0.3 is 9.47 Å². The number of thiocarbonyl (C=S) groups is 1. The summed E-state index contributed by atoms with van der Waals surface area (Å²) in [5, 5.41) is 0. The average molecular weight is 595 g/mol. The molecule has 190 valence electrons. The van der Waals surface area contributed by atoms with E-state index in [4.69, 9.17) is 21.7 Å². The Bertz CT molecular complexity index is 1380. The minimum absolute atomic E-state index is 0.128. The summed E-state index contributed by atoms with van der Waals surface area (Å²) in [6, 6.07) is 17.9. The number of nitrogens with zero attached hydrogens (tertiary/aromatic N) is 1. The lowest BCUT2D eigenvalue weighted by Crippen LogP contribution is -2.27. The lowest BCUT2D eigenvalue weighted by atomic mass is 10.0. The van der Waals surface area contributed by atoms with Gasteiger partial charge in [0.2, 0.25) is 0 Å². The number of ether oxygens (including phenoxy) is 2. The predicted molar refractivity (Wildman–Crippen MR) is 162 cm³/mol. The molecule has 0 spiro atoms. The van der Waals surface area contributed by atoms with Crippen LogP contribution in [0.25, 0.3) is 6.08 Å². The van der Waals surface area contributed by atoms with Crippen molar-refractivity contribution in [2.75, 3.05) is 11.5 Å². The van der Waals surface area contributed by atoms with E-state index in [1.807, 2.05) is 87.5 Å². The van der Waals surface area contributed by atoms with E-state index in [0.717, 1.165) is 32.4 Å². The van der Waals surface area contributed by atoms with Crippen LogP contribution >= 0.6 is 39.9 Å². The normalized spacial score (nSPS) is 14.4. The summed E-state index contributed by atoms with van der Waals surface area (Å²) < 4.78 is 13.8. The lowest BCUT2D eigenvalue weighted by Gasteiger charge is -2.17. The molecule has 0 saturated carbocycles. The molecule has 0 aliphatic carbocycles. The number of allylic oxidation sites excluding steroid dienone is 1. The van der Waals surface area contributed by atoms with E-state index in [1.54, 1.807) is 4.90 Å². The molecule has 1 amide bonds. The molecule has 0 unspecified atom stereocenters. The first-order valence-electron chi connectivity index (χ1n) is 11.9. The number of thioether (sulfide) groups is 1. The Morgan fingerprint density at radius 1 is 1.05 bits per heavy atom. The van der Waals surface area contributed by atoms with Gasteiger partial charge in [0.25, 0.3) is 5.91 Å². The van der Waals surface area contributed by atoms with Crippen LogP contribution in [0.3, 0.4) is 0 Å². The van der Waals surface area contributed by atoms with Gasteiger partial charge in [-0.15, -0.1) is 6.58 Å². The first-order chi connectivity index (χ1) is 17.8. The Labute approximate surface area is 236 Å². The van der Waals surface area contributed by atoms with Gasteiger partial charge in [0.05, 0.1) is 17.2 Å². The monoisotopic (exact) mass is 593 g/mol. The second-order valence-corrected chi connectivity index (χ2v) is 11.2. The number of halogens is 1. The summed E-state index contributed by atoms with van der Waals surface area (Å²) in [5.41, 5.74) is 5.91. The number of anilines is 1. The van der Waals surface area contributed by atoms with Gasteiger partial charge in [-0.1, -0.05) is 64.2 Å². The van der Waals surface area contributed by atoms with Crippen molar-refractivity contribution in [2.24, 2.45) is 0 Å². The molecule has 1 aliphatic heterocycles. The molecule has 1 saturated heterocycles. The fraction of sp³-hybridized carbons (Fsp3) is 0.200. The zero-order valence-corrected chi connectivity index (χ0v) is 24.3. The molecule has 0 atom stereocenters. The van der Waals surface area contributed by atoms with Gasteiger partial charge in [-0.3, -0.25) is 9.69 Å². The molecule has 0 N–H and O–H groups in total. The third-order valence-corrected chi connectivity index (χ3v) is 7.79. The summed E-state index contributed by atoms with van der Waals surface area (Å²) >= 11 is 10.4. The van der Waals surface area contributed by atoms with Crippen molar-refractivity contribution in [3.05, 3.63) is 104 Å². The SMILES string of the molecule is C=CCc1cc(C=C2SC(=S)N(c3ccc(C)c(C)c3)C2=O)cc(OCC)c1OCc1ccc(Br)cc1. The third-order valence-electron chi connectivity index (χ3n) is 5.95. The summed E-state index contributed by atoms with van der Waals surface area (Å²) in [4.78, 5) is 15.5. The van der Waals surface area contributed by atoms with Crippen LogP contribution in [0.5, 0.6) is 11.5 Å². The van der Waals surface area contributed by atoms with Crippen LogP contribution in [0.15, 0.2) is 76.6 Å². The van der Waals surface area contributed by atoms with Gasteiger partial charge in [0, 0.05) is 10.0 Å². The van der Waals surface area contributed by atoms with Gasteiger partial charge in [0.1, 0.15) is 6.61 Å². The Balaban J connectivity index is 1.66. The van der Waals surface area contributed by atoms with Crippen LogP contribution in [0, 0.1) is 13.8 Å². The Morgan fingerprint density at radius 3 is 2.49 bits per heavy atom. The number of amides is 1. The summed E-state index contributed by atoms with van der Waals surface area (Å²) in [6.45, 7) is 10.8. The molecule has 0 radical (unpaired) electrons. The number of hydrogen-bond donors (Lipinski definition) is 0. The van der Waals surface area contributed by atoms with E-state index in [0.29, 0.717) is 40.4 Å². The Morgan fingerprint density at radius 2 is 1.81 bits per heavy atom. The van der Waals surface area contributed by atoms with E-state index in [-0.39, 0.29) is 5.91 Å². The van der Waals surface area contributed by atoms with Crippen LogP contribution < -0.4 is 14.4 Å². The summed E-state index contributed by atoms with van der Waals surface area (Å²) in [6.07, 6.45) is 4.30. The largest absolute Gasteiger partial charge is 0.490 e. The van der Waals surface area contributed by atoms with Gasteiger partial charge in [-0.25, -0.2) is 0 Å². The molecule has 3 aromatic carbocycles. The molecular formula is C30H28BrNO3S2. The molecule has 1 fully saturated rings. The number of benzene rings is 3. The second-order valence-electron chi connectivity index (χ2n) is 8.63. The highest BCUT2D eigenvalue weighted by Gasteiger charge is 2.33. The number of aryl methyl sites for hydroxylation is 2. The molecule has 0 aromatic heterocycles. The molecular weight excluding hydrogens is 566 g/mol. The average Bonchev–Trinajstić information content (AvgIpc) is 3.14. The number of carbonyl (C=O) groups excluding carboxylic acids is 1.